The lowest BCUT2D eigenvalue weighted by Crippen LogP contribution is -2.40. The Labute approximate surface area is 146 Å². The molecule has 0 spiro atoms. The van der Waals surface area contributed by atoms with Gasteiger partial charge in [-0.1, -0.05) is 23.8 Å². The van der Waals surface area contributed by atoms with Crippen LogP contribution in [0.4, 0.5) is 0 Å². The average molecular weight is 335 g/mol. The highest BCUT2D eigenvalue weighted by molar-refractivity contribution is 5.95. The maximum absolute atomic E-state index is 12.3. The van der Waals surface area contributed by atoms with Crippen molar-refractivity contribution in [3.05, 3.63) is 69.9 Å². The second-order valence-electron chi connectivity index (χ2n) is 7.26. The highest BCUT2D eigenvalue weighted by Gasteiger charge is 2.15. The zero-order valence-electron chi connectivity index (χ0n) is 14.8. The molecule has 128 valence electrons. The van der Waals surface area contributed by atoms with Crippen LogP contribution in [0.15, 0.2) is 57.7 Å². The van der Waals surface area contributed by atoms with Crippen LogP contribution in [0.1, 0.15) is 36.7 Å². The molecule has 0 saturated heterocycles. The van der Waals surface area contributed by atoms with Gasteiger partial charge in [0.1, 0.15) is 11.3 Å². The van der Waals surface area contributed by atoms with Crippen LogP contribution in [0.5, 0.6) is 0 Å². The molecule has 3 rings (SSSR count). The molecule has 0 fully saturated rings. The van der Waals surface area contributed by atoms with Crippen molar-refractivity contribution in [3.63, 3.8) is 0 Å². The number of amides is 1. The van der Waals surface area contributed by atoms with Crippen LogP contribution in [-0.4, -0.2) is 11.4 Å². The second-order valence-corrected chi connectivity index (χ2v) is 7.26. The summed E-state index contributed by atoms with van der Waals surface area (Å²) in [6, 6.07) is 14.1. The minimum absolute atomic E-state index is 0.0745. The molecule has 4 nitrogen and oxygen atoms in total. The number of hydrogen-bond acceptors (Lipinski definition) is 3. The summed E-state index contributed by atoms with van der Waals surface area (Å²) < 4.78 is 5.86. The number of benzene rings is 2. The monoisotopic (exact) mass is 335 g/mol. The highest BCUT2D eigenvalue weighted by Crippen LogP contribution is 2.23. The quantitative estimate of drug-likeness (QED) is 0.760. The van der Waals surface area contributed by atoms with Gasteiger partial charge in [0, 0.05) is 22.7 Å². The fourth-order valence-corrected chi connectivity index (χ4v) is 2.61. The summed E-state index contributed by atoms with van der Waals surface area (Å²) in [5, 5.41) is 3.49. The van der Waals surface area contributed by atoms with Crippen molar-refractivity contribution in [1.82, 2.24) is 5.32 Å². The molecule has 25 heavy (non-hydrogen) atoms. The molecular weight excluding hydrogens is 314 g/mol. The van der Waals surface area contributed by atoms with Crippen molar-refractivity contribution in [3.8, 4) is 11.3 Å². The maximum Gasteiger partial charge on any atom is 0.251 e. The Morgan fingerprint density at radius 3 is 2.32 bits per heavy atom. The number of carbonyl (C=O) groups is 1. The van der Waals surface area contributed by atoms with E-state index in [0.717, 1.165) is 11.1 Å². The van der Waals surface area contributed by atoms with Gasteiger partial charge in [-0.15, -0.1) is 0 Å². The molecular formula is C21H21NO3. The Hall–Kier alpha value is -2.88. The first kappa shape index (κ1) is 17.0. The topological polar surface area (TPSA) is 59.3 Å². The number of nitrogens with one attached hydrogen (secondary N) is 1. The molecule has 0 bridgehead atoms. The molecule has 0 aliphatic heterocycles. The van der Waals surface area contributed by atoms with Crippen LogP contribution >= 0.6 is 0 Å². The standard InChI is InChI=1S/C21H21NO3/c1-13-5-10-18-16(11-13)17(23)12-19(25-18)14-6-8-15(9-7-14)20(24)22-21(2,3)4/h5-12H,1-4H3,(H,22,24). The summed E-state index contributed by atoms with van der Waals surface area (Å²) in [7, 11) is 0. The van der Waals surface area contributed by atoms with Gasteiger partial charge in [-0.3, -0.25) is 9.59 Å². The van der Waals surface area contributed by atoms with Crippen molar-refractivity contribution in [1.29, 1.82) is 0 Å². The number of rotatable bonds is 2. The van der Waals surface area contributed by atoms with Gasteiger partial charge in [-0.05, 0) is 52.0 Å². The van der Waals surface area contributed by atoms with Crippen LogP contribution in [-0.2, 0) is 0 Å². The Balaban J connectivity index is 1.95. The molecule has 1 heterocycles. The molecule has 0 saturated carbocycles. The van der Waals surface area contributed by atoms with E-state index in [0.29, 0.717) is 22.3 Å². The molecule has 0 aliphatic rings. The number of hydrogen-bond donors (Lipinski definition) is 1. The van der Waals surface area contributed by atoms with E-state index in [1.807, 2.05) is 39.8 Å². The van der Waals surface area contributed by atoms with E-state index in [1.54, 1.807) is 30.3 Å². The Bertz CT molecular complexity index is 992. The fourth-order valence-electron chi connectivity index (χ4n) is 2.61. The van der Waals surface area contributed by atoms with E-state index in [-0.39, 0.29) is 16.9 Å². The number of aryl methyl sites for hydroxylation is 1. The van der Waals surface area contributed by atoms with Crippen LogP contribution in [0.2, 0.25) is 0 Å². The Kier molecular flexibility index (Phi) is 4.21. The first-order valence-electron chi connectivity index (χ1n) is 8.20. The molecule has 0 radical (unpaired) electrons. The van der Waals surface area contributed by atoms with Gasteiger partial charge in [0.25, 0.3) is 5.91 Å². The van der Waals surface area contributed by atoms with Gasteiger partial charge in [0.05, 0.1) is 5.39 Å². The van der Waals surface area contributed by atoms with Gasteiger partial charge in [0.15, 0.2) is 5.43 Å². The van der Waals surface area contributed by atoms with Crippen molar-refractivity contribution in [2.75, 3.05) is 0 Å². The lowest BCUT2D eigenvalue weighted by atomic mass is 10.1. The van der Waals surface area contributed by atoms with Gasteiger partial charge in [0.2, 0.25) is 0 Å². The largest absolute Gasteiger partial charge is 0.456 e. The Morgan fingerprint density at radius 1 is 1.00 bits per heavy atom. The molecule has 0 unspecified atom stereocenters. The van der Waals surface area contributed by atoms with Crippen LogP contribution in [0.3, 0.4) is 0 Å². The maximum atomic E-state index is 12.3. The van der Waals surface area contributed by atoms with Gasteiger partial charge in [-0.25, -0.2) is 0 Å². The van der Waals surface area contributed by atoms with Crippen molar-refractivity contribution in [2.24, 2.45) is 0 Å². The SMILES string of the molecule is Cc1ccc2oc(-c3ccc(C(=O)NC(C)(C)C)cc3)cc(=O)c2c1. The first-order chi connectivity index (χ1) is 11.7. The Morgan fingerprint density at radius 2 is 1.68 bits per heavy atom. The van der Waals surface area contributed by atoms with Crippen LogP contribution < -0.4 is 10.7 Å². The summed E-state index contributed by atoms with van der Waals surface area (Å²) in [6.45, 7) is 7.74. The summed E-state index contributed by atoms with van der Waals surface area (Å²) in [5.41, 5.74) is 2.53. The lowest BCUT2D eigenvalue weighted by Gasteiger charge is -2.20. The summed E-state index contributed by atoms with van der Waals surface area (Å²) in [6.07, 6.45) is 0. The highest BCUT2D eigenvalue weighted by atomic mass is 16.3. The molecule has 4 heteroatoms. The first-order valence-corrected chi connectivity index (χ1v) is 8.20. The van der Waals surface area contributed by atoms with Crippen molar-refractivity contribution < 1.29 is 9.21 Å². The fraction of sp³-hybridized carbons (Fsp3) is 0.238. The minimum atomic E-state index is -0.293. The lowest BCUT2D eigenvalue weighted by molar-refractivity contribution is 0.0919. The van der Waals surface area contributed by atoms with E-state index >= 15 is 0 Å². The summed E-state index contributed by atoms with van der Waals surface area (Å²) in [4.78, 5) is 24.5. The van der Waals surface area contributed by atoms with E-state index in [2.05, 4.69) is 5.32 Å². The predicted octanol–water partition coefficient (Wildman–Crippen LogP) is 4.30. The van der Waals surface area contributed by atoms with Crippen LogP contribution in [0, 0.1) is 6.92 Å². The van der Waals surface area contributed by atoms with Crippen molar-refractivity contribution >= 4 is 16.9 Å². The van der Waals surface area contributed by atoms with E-state index in [1.165, 1.54) is 6.07 Å². The third kappa shape index (κ3) is 3.79. The molecule has 1 amide bonds. The van der Waals surface area contributed by atoms with E-state index in [9.17, 15) is 9.59 Å². The molecule has 0 atom stereocenters. The zero-order valence-corrected chi connectivity index (χ0v) is 14.8. The number of fused-ring (bicyclic) bond motifs is 1. The second kappa shape index (κ2) is 6.20. The smallest absolute Gasteiger partial charge is 0.251 e. The van der Waals surface area contributed by atoms with Gasteiger partial charge in [-0.2, -0.15) is 0 Å². The van der Waals surface area contributed by atoms with Gasteiger partial charge >= 0.3 is 0 Å². The summed E-state index contributed by atoms with van der Waals surface area (Å²) >= 11 is 0. The average Bonchev–Trinajstić information content (AvgIpc) is 2.54. The summed E-state index contributed by atoms with van der Waals surface area (Å²) in [5.74, 6) is 0.360. The predicted molar refractivity (Wildman–Crippen MR) is 99.9 cm³/mol. The van der Waals surface area contributed by atoms with E-state index < -0.39 is 0 Å². The third-order valence-electron chi connectivity index (χ3n) is 3.80. The van der Waals surface area contributed by atoms with Crippen molar-refractivity contribution in [2.45, 2.75) is 33.2 Å². The number of carbonyl (C=O) groups excluding carboxylic acids is 1. The molecule has 1 aromatic heterocycles. The normalized spacial score (nSPS) is 11.5. The van der Waals surface area contributed by atoms with Crippen LogP contribution in [0.25, 0.3) is 22.3 Å². The zero-order chi connectivity index (χ0) is 18.2. The minimum Gasteiger partial charge on any atom is -0.456 e. The molecule has 0 aliphatic carbocycles. The third-order valence-corrected chi connectivity index (χ3v) is 3.80. The van der Waals surface area contributed by atoms with E-state index in [4.69, 9.17) is 4.42 Å². The van der Waals surface area contributed by atoms with Gasteiger partial charge < -0.3 is 9.73 Å². The molecule has 3 aromatic rings. The molecule has 1 N–H and O–H groups in total. The molecule has 2 aromatic carbocycles.